The van der Waals surface area contributed by atoms with E-state index >= 15 is 0 Å². The number of aryl methyl sites for hydroxylation is 1. The van der Waals surface area contributed by atoms with Crippen molar-refractivity contribution in [2.24, 2.45) is 7.05 Å². The van der Waals surface area contributed by atoms with E-state index in [9.17, 15) is 13.6 Å². The predicted molar refractivity (Wildman–Crippen MR) is 65.4 cm³/mol. The minimum Gasteiger partial charge on any atom is -0.345 e. The van der Waals surface area contributed by atoms with Crippen molar-refractivity contribution < 1.29 is 13.6 Å². The number of hydrogen-bond acceptors (Lipinski definition) is 2. The highest BCUT2D eigenvalue weighted by Gasteiger charge is 2.16. The summed E-state index contributed by atoms with van der Waals surface area (Å²) < 4.78 is 27.8. The summed E-state index contributed by atoms with van der Waals surface area (Å²) in [6, 6.07) is 2.54. The largest absolute Gasteiger partial charge is 0.345 e. The highest BCUT2D eigenvalue weighted by Crippen LogP contribution is 2.14. The molecule has 2 rings (SSSR count). The molecule has 0 spiro atoms. The van der Waals surface area contributed by atoms with E-state index in [0.29, 0.717) is 6.07 Å². The molecular weight excluding hydrogens is 252 g/mol. The Balaban J connectivity index is 2.12. The number of benzene rings is 1. The fraction of sp³-hybridized carbons (Fsp3) is 0.231. The Morgan fingerprint density at radius 2 is 2.16 bits per heavy atom. The maximum absolute atomic E-state index is 13.4. The second kappa shape index (κ2) is 5.17. The molecule has 1 atom stereocenters. The van der Waals surface area contributed by atoms with E-state index in [-0.39, 0.29) is 11.6 Å². The predicted octanol–water partition coefficient (Wildman–Crippen LogP) is 2.19. The molecule has 1 amide bonds. The summed E-state index contributed by atoms with van der Waals surface area (Å²) in [4.78, 5) is 11.9. The van der Waals surface area contributed by atoms with Gasteiger partial charge in [0.25, 0.3) is 5.91 Å². The van der Waals surface area contributed by atoms with Crippen LogP contribution in [0.4, 0.5) is 8.78 Å². The van der Waals surface area contributed by atoms with Crippen molar-refractivity contribution in [2.75, 3.05) is 0 Å². The van der Waals surface area contributed by atoms with Crippen molar-refractivity contribution >= 4 is 5.91 Å². The van der Waals surface area contributed by atoms with Crippen LogP contribution in [0, 0.1) is 11.6 Å². The van der Waals surface area contributed by atoms with E-state index in [4.69, 9.17) is 0 Å². The Morgan fingerprint density at radius 3 is 2.74 bits per heavy atom. The van der Waals surface area contributed by atoms with Gasteiger partial charge in [0.15, 0.2) is 0 Å². The molecular formula is C13H13F2N3O. The lowest BCUT2D eigenvalue weighted by Gasteiger charge is -2.12. The van der Waals surface area contributed by atoms with E-state index in [0.717, 1.165) is 17.7 Å². The second-order valence-corrected chi connectivity index (χ2v) is 4.27. The molecule has 0 aliphatic rings. The Morgan fingerprint density at radius 1 is 1.42 bits per heavy atom. The van der Waals surface area contributed by atoms with Crippen LogP contribution in [0.2, 0.25) is 0 Å². The van der Waals surface area contributed by atoms with Gasteiger partial charge in [-0.25, -0.2) is 8.78 Å². The SMILES string of the molecule is C[C@H](NC(=O)c1ccc(F)cc1F)c1cnn(C)c1. The smallest absolute Gasteiger partial charge is 0.254 e. The van der Waals surface area contributed by atoms with Gasteiger partial charge in [-0.15, -0.1) is 0 Å². The third-order valence-corrected chi connectivity index (χ3v) is 2.75. The lowest BCUT2D eigenvalue weighted by molar-refractivity contribution is 0.0935. The van der Waals surface area contributed by atoms with Crippen LogP contribution in [-0.4, -0.2) is 15.7 Å². The molecule has 1 N–H and O–H groups in total. The van der Waals surface area contributed by atoms with Crippen LogP contribution in [0.15, 0.2) is 30.6 Å². The molecule has 0 aliphatic carbocycles. The minimum atomic E-state index is -0.879. The molecule has 0 aliphatic heterocycles. The van der Waals surface area contributed by atoms with Crippen LogP contribution in [0.3, 0.4) is 0 Å². The van der Waals surface area contributed by atoms with Gasteiger partial charge in [-0.05, 0) is 19.1 Å². The molecule has 2 aromatic rings. The summed E-state index contributed by atoms with van der Waals surface area (Å²) in [7, 11) is 1.76. The van der Waals surface area contributed by atoms with Crippen molar-refractivity contribution in [3.63, 3.8) is 0 Å². The fourth-order valence-corrected chi connectivity index (χ4v) is 1.70. The van der Waals surface area contributed by atoms with Crippen LogP contribution in [0.1, 0.15) is 28.9 Å². The van der Waals surface area contributed by atoms with Gasteiger partial charge >= 0.3 is 0 Å². The first-order valence-electron chi connectivity index (χ1n) is 5.72. The first kappa shape index (κ1) is 13.2. The lowest BCUT2D eigenvalue weighted by atomic mass is 10.1. The summed E-state index contributed by atoms with van der Waals surface area (Å²) in [5.74, 6) is -2.18. The fourth-order valence-electron chi connectivity index (χ4n) is 1.70. The molecule has 0 bridgehead atoms. The van der Waals surface area contributed by atoms with Crippen molar-refractivity contribution in [3.8, 4) is 0 Å². The van der Waals surface area contributed by atoms with Gasteiger partial charge in [0.05, 0.1) is 17.8 Å². The van der Waals surface area contributed by atoms with E-state index in [1.807, 2.05) is 0 Å². The number of amides is 1. The number of nitrogens with one attached hydrogen (secondary N) is 1. The minimum absolute atomic E-state index is 0.183. The molecule has 0 saturated heterocycles. The summed E-state index contributed by atoms with van der Waals surface area (Å²) in [6.07, 6.45) is 3.37. The maximum atomic E-state index is 13.4. The summed E-state index contributed by atoms with van der Waals surface area (Å²) in [5, 5.41) is 6.62. The number of aromatic nitrogens is 2. The van der Waals surface area contributed by atoms with Crippen molar-refractivity contribution in [1.82, 2.24) is 15.1 Å². The van der Waals surface area contributed by atoms with Crippen LogP contribution in [-0.2, 0) is 7.05 Å². The zero-order valence-electron chi connectivity index (χ0n) is 10.5. The Bertz CT molecular complexity index is 610. The number of nitrogens with zero attached hydrogens (tertiary/aromatic N) is 2. The van der Waals surface area contributed by atoms with Gasteiger partial charge in [-0.2, -0.15) is 5.10 Å². The van der Waals surface area contributed by atoms with Gasteiger partial charge in [0.2, 0.25) is 0 Å². The molecule has 0 unspecified atom stereocenters. The quantitative estimate of drug-likeness (QED) is 0.924. The van der Waals surface area contributed by atoms with Crippen LogP contribution in [0.5, 0.6) is 0 Å². The monoisotopic (exact) mass is 265 g/mol. The van der Waals surface area contributed by atoms with Crippen molar-refractivity contribution in [1.29, 1.82) is 0 Å². The van der Waals surface area contributed by atoms with Gasteiger partial charge in [-0.1, -0.05) is 0 Å². The van der Waals surface area contributed by atoms with Crippen LogP contribution < -0.4 is 5.32 Å². The molecule has 1 heterocycles. The zero-order chi connectivity index (χ0) is 14.0. The topological polar surface area (TPSA) is 46.9 Å². The van der Waals surface area contributed by atoms with Crippen LogP contribution in [0.25, 0.3) is 0 Å². The second-order valence-electron chi connectivity index (χ2n) is 4.27. The third kappa shape index (κ3) is 2.96. The summed E-state index contributed by atoms with van der Waals surface area (Å²) >= 11 is 0. The molecule has 4 nitrogen and oxygen atoms in total. The zero-order valence-corrected chi connectivity index (χ0v) is 10.5. The highest BCUT2D eigenvalue weighted by atomic mass is 19.1. The number of hydrogen-bond donors (Lipinski definition) is 1. The van der Waals surface area contributed by atoms with Gasteiger partial charge < -0.3 is 5.32 Å². The number of carbonyl (C=O) groups is 1. The first-order chi connectivity index (χ1) is 8.97. The van der Waals surface area contributed by atoms with Crippen LogP contribution >= 0.6 is 0 Å². The number of halogens is 2. The molecule has 1 aromatic carbocycles. The molecule has 0 radical (unpaired) electrons. The van der Waals surface area contributed by atoms with E-state index < -0.39 is 17.5 Å². The standard InChI is InChI=1S/C13H13F2N3O/c1-8(9-6-16-18(2)7-9)17-13(19)11-4-3-10(14)5-12(11)15/h3-8H,1-2H3,(H,17,19)/t8-/m0/s1. The highest BCUT2D eigenvalue weighted by molar-refractivity contribution is 5.94. The molecule has 0 saturated carbocycles. The Kier molecular flexibility index (Phi) is 3.59. The van der Waals surface area contributed by atoms with Gasteiger partial charge in [0, 0.05) is 24.9 Å². The molecule has 100 valence electrons. The van der Waals surface area contributed by atoms with E-state index in [2.05, 4.69) is 10.4 Å². The summed E-state index contributed by atoms with van der Waals surface area (Å²) in [5.41, 5.74) is 0.621. The average molecular weight is 265 g/mol. The Labute approximate surface area is 109 Å². The molecule has 0 fully saturated rings. The average Bonchev–Trinajstić information content (AvgIpc) is 2.75. The van der Waals surface area contributed by atoms with Gasteiger partial charge in [-0.3, -0.25) is 9.48 Å². The van der Waals surface area contributed by atoms with Crippen molar-refractivity contribution in [2.45, 2.75) is 13.0 Å². The maximum Gasteiger partial charge on any atom is 0.254 e. The summed E-state index contributed by atoms with van der Waals surface area (Å²) in [6.45, 7) is 1.76. The van der Waals surface area contributed by atoms with Gasteiger partial charge in [0.1, 0.15) is 11.6 Å². The third-order valence-electron chi connectivity index (χ3n) is 2.75. The lowest BCUT2D eigenvalue weighted by Crippen LogP contribution is -2.27. The molecule has 1 aromatic heterocycles. The van der Waals surface area contributed by atoms with E-state index in [1.54, 1.807) is 31.0 Å². The van der Waals surface area contributed by atoms with E-state index in [1.165, 1.54) is 0 Å². The first-order valence-corrected chi connectivity index (χ1v) is 5.72. The number of rotatable bonds is 3. The molecule has 19 heavy (non-hydrogen) atoms. The normalized spacial score (nSPS) is 12.2. The molecule has 6 heteroatoms. The Hall–Kier alpha value is -2.24. The van der Waals surface area contributed by atoms with Crippen molar-refractivity contribution in [3.05, 3.63) is 53.4 Å². The number of carbonyl (C=O) groups excluding carboxylic acids is 1.